The fraction of sp³-hybridized carbons (Fsp3) is 0.292. The lowest BCUT2D eigenvalue weighted by Gasteiger charge is -2.08. The molecule has 3 rings (SSSR count). The Morgan fingerprint density at radius 3 is 2.75 bits per heavy atom. The molecule has 3 aromatic rings. The highest BCUT2D eigenvalue weighted by molar-refractivity contribution is 5.79. The van der Waals surface area contributed by atoms with Gasteiger partial charge in [-0.3, -0.25) is 4.57 Å². The van der Waals surface area contributed by atoms with E-state index >= 15 is 0 Å². The predicted molar refractivity (Wildman–Crippen MR) is 126 cm³/mol. The summed E-state index contributed by atoms with van der Waals surface area (Å²) in [6.45, 7) is 4.65. The summed E-state index contributed by atoms with van der Waals surface area (Å²) in [5, 5.41) is 3.10. The third-order valence-electron chi connectivity index (χ3n) is 4.68. The van der Waals surface area contributed by atoms with Crippen molar-refractivity contribution >= 4 is 16.9 Å². The molecule has 0 unspecified atom stereocenters. The van der Waals surface area contributed by atoms with Gasteiger partial charge in [-0.15, -0.1) is 0 Å². The van der Waals surface area contributed by atoms with Crippen LogP contribution in [0.25, 0.3) is 16.9 Å². The van der Waals surface area contributed by atoms with Gasteiger partial charge in [-0.1, -0.05) is 18.2 Å². The topological polar surface area (TPSA) is 83.3 Å². The first-order chi connectivity index (χ1) is 15.7. The van der Waals surface area contributed by atoms with Gasteiger partial charge in [0.05, 0.1) is 44.3 Å². The van der Waals surface area contributed by atoms with Crippen molar-refractivity contribution < 1.29 is 14.2 Å². The Bertz CT molecular complexity index is 1100. The quantitative estimate of drug-likeness (QED) is 0.155. The summed E-state index contributed by atoms with van der Waals surface area (Å²) in [7, 11) is 3.28. The van der Waals surface area contributed by atoms with Gasteiger partial charge in [-0.25, -0.2) is 15.0 Å². The number of ether oxygens (including phenoxy) is 3. The van der Waals surface area contributed by atoms with Crippen LogP contribution >= 0.6 is 0 Å². The lowest BCUT2D eigenvalue weighted by molar-refractivity contribution is 0.178. The number of aryl methyl sites for hydroxylation is 1. The number of anilines is 1. The first kappa shape index (κ1) is 23.0. The zero-order valence-corrected chi connectivity index (χ0v) is 18.9. The molecule has 0 aliphatic carbocycles. The Hall–Kier alpha value is -3.65. The Labute approximate surface area is 188 Å². The average Bonchev–Trinajstić information content (AvgIpc) is 3.15. The van der Waals surface area contributed by atoms with Crippen molar-refractivity contribution in [3.05, 3.63) is 72.6 Å². The molecule has 0 radical (unpaired) electrons. The van der Waals surface area contributed by atoms with Crippen molar-refractivity contribution in [3.63, 3.8) is 0 Å². The summed E-state index contributed by atoms with van der Waals surface area (Å²) < 4.78 is 18.1. The molecule has 1 aromatic carbocycles. The zero-order valence-electron chi connectivity index (χ0n) is 18.9. The molecule has 0 saturated heterocycles. The van der Waals surface area contributed by atoms with Crippen molar-refractivity contribution in [1.29, 1.82) is 0 Å². The Balaban J connectivity index is 1.55. The summed E-state index contributed by atoms with van der Waals surface area (Å²) in [5.74, 6) is 3.68. The maximum absolute atomic E-state index is 5.59. The predicted octanol–water partition coefficient (Wildman–Crippen LogP) is 4.57. The van der Waals surface area contributed by atoms with Gasteiger partial charge >= 0.3 is 0 Å². The third-order valence-corrected chi connectivity index (χ3v) is 4.68. The number of rotatable bonds is 11. The number of nitrogens with one attached hydrogen (secondary N) is 1. The van der Waals surface area contributed by atoms with Crippen LogP contribution in [0, 0.1) is 6.92 Å². The van der Waals surface area contributed by atoms with E-state index in [1.807, 2.05) is 60.9 Å². The molecular weight excluding hydrogens is 406 g/mol. The minimum atomic E-state index is 0.302. The van der Waals surface area contributed by atoms with E-state index in [0.717, 1.165) is 34.8 Å². The minimum absolute atomic E-state index is 0.302. The minimum Gasteiger partial charge on any atom is -0.497 e. The third kappa shape index (κ3) is 5.95. The van der Waals surface area contributed by atoms with E-state index in [1.165, 1.54) is 0 Å². The molecule has 0 bridgehead atoms. The second-order valence-corrected chi connectivity index (χ2v) is 6.82. The Morgan fingerprint density at radius 2 is 2.03 bits per heavy atom. The second-order valence-electron chi connectivity index (χ2n) is 6.82. The van der Waals surface area contributed by atoms with Crippen molar-refractivity contribution in [3.8, 4) is 11.6 Å². The van der Waals surface area contributed by atoms with Crippen LogP contribution < -0.4 is 10.1 Å². The number of hydrogen-bond acceptors (Lipinski definition) is 7. The van der Waals surface area contributed by atoms with Crippen molar-refractivity contribution in [2.75, 3.05) is 32.9 Å². The molecule has 0 amide bonds. The van der Waals surface area contributed by atoms with Gasteiger partial charge in [0, 0.05) is 6.07 Å². The van der Waals surface area contributed by atoms with Gasteiger partial charge in [0.1, 0.15) is 29.9 Å². The summed E-state index contributed by atoms with van der Waals surface area (Å²) in [6, 6.07) is 5.77. The van der Waals surface area contributed by atoms with Crippen molar-refractivity contribution in [1.82, 2.24) is 19.5 Å². The molecule has 2 heterocycles. The number of allylic oxidation sites excluding steroid dienone is 4. The molecule has 0 aliphatic rings. The molecule has 168 valence electrons. The van der Waals surface area contributed by atoms with Crippen LogP contribution in [-0.2, 0) is 9.47 Å². The molecule has 1 N–H and O–H groups in total. The maximum atomic E-state index is 5.59. The fourth-order valence-corrected chi connectivity index (χ4v) is 3.07. The van der Waals surface area contributed by atoms with Crippen LogP contribution in [0.3, 0.4) is 0 Å². The molecule has 0 fully saturated rings. The van der Waals surface area contributed by atoms with Crippen LogP contribution in [0.5, 0.6) is 5.75 Å². The smallest absolute Gasteiger partial charge is 0.157 e. The van der Waals surface area contributed by atoms with E-state index < -0.39 is 0 Å². The van der Waals surface area contributed by atoms with Crippen LogP contribution in [-0.4, -0.2) is 47.1 Å². The molecule has 0 saturated carbocycles. The number of benzene rings is 1. The average molecular weight is 436 g/mol. The summed E-state index contributed by atoms with van der Waals surface area (Å²) >= 11 is 0. The van der Waals surface area contributed by atoms with Gasteiger partial charge < -0.3 is 19.5 Å². The van der Waals surface area contributed by atoms with Crippen LogP contribution in [0.1, 0.15) is 19.2 Å². The molecule has 2 aromatic heterocycles. The van der Waals surface area contributed by atoms with E-state index in [4.69, 9.17) is 14.2 Å². The number of imidazole rings is 1. The van der Waals surface area contributed by atoms with Gasteiger partial charge in [0.25, 0.3) is 0 Å². The largest absolute Gasteiger partial charge is 0.497 e. The lowest BCUT2D eigenvalue weighted by Crippen LogP contribution is -2.09. The summed E-state index contributed by atoms with van der Waals surface area (Å²) in [6.07, 6.45) is 14.2. The first-order valence-electron chi connectivity index (χ1n) is 10.3. The van der Waals surface area contributed by atoms with E-state index in [9.17, 15) is 0 Å². The van der Waals surface area contributed by atoms with E-state index in [0.29, 0.717) is 25.0 Å². The Morgan fingerprint density at radius 1 is 1.16 bits per heavy atom. The zero-order chi connectivity index (χ0) is 22.8. The molecular formula is C24H29N5O3. The lowest BCUT2D eigenvalue weighted by atomic mass is 10.3. The summed E-state index contributed by atoms with van der Waals surface area (Å²) in [5.41, 5.74) is 1.79. The molecule has 8 nitrogen and oxygen atoms in total. The van der Waals surface area contributed by atoms with Crippen molar-refractivity contribution in [2.24, 2.45) is 0 Å². The molecule has 32 heavy (non-hydrogen) atoms. The molecule has 0 aliphatic heterocycles. The van der Waals surface area contributed by atoms with Gasteiger partial charge in [-0.2, -0.15) is 0 Å². The highest BCUT2D eigenvalue weighted by atomic mass is 16.5. The highest BCUT2D eigenvalue weighted by Gasteiger charge is 2.11. The number of methoxy groups -OCH3 is 2. The van der Waals surface area contributed by atoms with Crippen LogP contribution in [0.15, 0.2) is 66.7 Å². The number of nitrogens with zero attached hydrogens (tertiary/aromatic N) is 4. The SMILES string of the molecule is C/C=C\CC=C/C(=C/COCNc1cnc(-n2c(C)nc3cc(OC)ccc32)cn1)OC. The van der Waals surface area contributed by atoms with E-state index in [-0.39, 0.29) is 0 Å². The molecule has 0 atom stereocenters. The van der Waals surface area contributed by atoms with Crippen LogP contribution in [0.2, 0.25) is 0 Å². The van der Waals surface area contributed by atoms with Crippen molar-refractivity contribution in [2.45, 2.75) is 20.3 Å². The van der Waals surface area contributed by atoms with Gasteiger partial charge in [0.2, 0.25) is 0 Å². The first-order valence-corrected chi connectivity index (χ1v) is 10.3. The standard InChI is InChI=1S/C24H29N5O3/c1-5-6-7-8-9-19(30-3)12-13-32-17-27-23-15-26-24(16-25-23)29-18(2)28-21-14-20(31-4)10-11-22(21)29/h5-6,8-12,14-16H,7,13,17H2,1-4H3,(H,25,27)/b6-5-,9-8?,19-12-. The van der Waals surface area contributed by atoms with Gasteiger partial charge in [0.15, 0.2) is 5.82 Å². The fourth-order valence-electron chi connectivity index (χ4n) is 3.07. The van der Waals surface area contributed by atoms with E-state index in [1.54, 1.807) is 26.6 Å². The normalized spacial score (nSPS) is 12.2. The molecule has 0 spiro atoms. The summed E-state index contributed by atoms with van der Waals surface area (Å²) in [4.78, 5) is 13.6. The number of aromatic nitrogens is 4. The second kappa shape index (κ2) is 11.7. The maximum Gasteiger partial charge on any atom is 0.157 e. The number of fused-ring (bicyclic) bond motifs is 1. The highest BCUT2D eigenvalue weighted by Crippen LogP contribution is 2.24. The molecule has 8 heteroatoms. The Kier molecular flexibility index (Phi) is 8.39. The van der Waals surface area contributed by atoms with E-state index in [2.05, 4.69) is 26.3 Å². The van der Waals surface area contributed by atoms with Crippen LogP contribution in [0.4, 0.5) is 5.82 Å². The van der Waals surface area contributed by atoms with Gasteiger partial charge in [-0.05, 0) is 44.6 Å². The monoisotopic (exact) mass is 435 g/mol. The number of hydrogen-bond donors (Lipinski definition) is 1.